The second kappa shape index (κ2) is 9.64. The lowest BCUT2D eigenvalue weighted by Crippen LogP contribution is -2.34. The number of halogens is 3. The zero-order valence-corrected chi connectivity index (χ0v) is 18.2. The van der Waals surface area contributed by atoms with Crippen LogP contribution in [0.3, 0.4) is 0 Å². The van der Waals surface area contributed by atoms with Crippen molar-refractivity contribution in [2.75, 3.05) is 13.1 Å². The number of carbonyl (C=O) groups excluding carboxylic acids is 1. The Morgan fingerprint density at radius 1 is 1.03 bits per heavy atom. The summed E-state index contributed by atoms with van der Waals surface area (Å²) in [5.41, 5.74) is 1.12. The molecule has 172 valence electrons. The highest BCUT2D eigenvalue weighted by Gasteiger charge is 2.43. The highest BCUT2D eigenvalue weighted by molar-refractivity contribution is 7.99. The number of hydrogen-bond donors (Lipinski definition) is 1. The predicted molar refractivity (Wildman–Crippen MR) is 114 cm³/mol. The summed E-state index contributed by atoms with van der Waals surface area (Å²) in [4.78, 5) is 12.9. The van der Waals surface area contributed by atoms with E-state index in [9.17, 15) is 26.4 Å². The Hall–Kier alpha value is -3.01. The van der Waals surface area contributed by atoms with Crippen molar-refractivity contribution >= 4 is 20.8 Å². The maximum atomic E-state index is 13.1. The van der Waals surface area contributed by atoms with Crippen LogP contribution in [0.2, 0.25) is 0 Å². The smallest absolute Gasteiger partial charge is 0.406 e. The summed E-state index contributed by atoms with van der Waals surface area (Å²) in [6.07, 6.45) is -3.12. The van der Waals surface area contributed by atoms with Gasteiger partial charge in [0.1, 0.15) is 16.4 Å². The number of unbranched alkanes of at least 4 members (excludes halogenated alkanes) is 1. The highest BCUT2D eigenvalue weighted by Crippen LogP contribution is 2.34. The molecule has 1 heterocycles. The van der Waals surface area contributed by atoms with E-state index < -0.39 is 22.3 Å². The third kappa shape index (κ3) is 5.42. The van der Waals surface area contributed by atoms with Gasteiger partial charge in [-0.05, 0) is 36.1 Å². The van der Waals surface area contributed by atoms with Crippen molar-refractivity contribution in [3.63, 3.8) is 0 Å². The number of benzene rings is 2. The maximum absolute atomic E-state index is 13.1. The van der Waals surface area contributed by atoms with Gasteiger partial charge in [0.25, 0.3) is 15.9 Å². The summed E-state index contributed by atoms with van der Waals surface area (Å²) in [6, 6.07) is 13.8. The Kier molecular flexibility index (Phi) is 7.12. The summed E-state index contributed by atoms with van der Waals surface area (Å²) < 4.78 is 67.8. The second-order valence-electron chi connectivity index (χ2n) is 7.17. The van der Waals surface area contributed by atoms with E-state index in [2.05, 4.69) is 10.1 Å². The molecule has 0 aliphatic carbocycles. The highest BCUT2D eigenvalue weighted by atomic mass is 32.2. The molecular formula is C22H23F3N2O4S. The fraction of sp³-hybridized carbons (Fsp3) is 0.318. The largest absolute Gasteiger partial charge is 0.573 e. The monoisotopic (exact) mass is 468 g/mol. The molecule has 0 unspecified atom stereocenters. The minimum Gasteiger partial charge on any atom is -0.406 e. The van der Waals surface area contributed by atoms with Gasteiger partial charge in [-0.15, -0.1) is 13.2 Å². The van der Waals surface area contributed by atoms with Gasteiger partial charge in [0, 0.05) is 13.1 Å². The molecule has 1 aliphatic rings. The molecule has 32 heavy (non-hydrogen) atoms. The summed E-state index contributed by atoms with van der Waals surface area (Å²) >= 11 is 0. The Balaban J connectivity index is 1.78. The number of hydrogen-bond acceptors (Lipinski definition) is 5. The van der Waals surface area contributed by atoms with Gasteiger partial charge in [0.2, 0.25) is 0 Å². The molecule has 1 N–H and O–H groups in total. The van der Waals surface area contributed by atoms with E-state index >= 15 is 0 Å². The number of nitrogens with one attached hydrogen (secondary N) is 1. The van der Waals surface area contributed by atoms with Crippen molar-refractivity contribution in [1.82, 2.24) is 9.62 Å². The zero-order valence-electron chi connectivity index (χ0n) is 17.4. The Morgan fingerprint density at radius 2 is 1.69 bits per heavy atom. The lowest BCUT2D eigenvalue weighted by molar-refractivity contribution is -0.274. The van der Waals surface area contributed by atoms with Gasteiger partial charge >= 0.3 is 6.36 Å². The van der Waals surface area contributed by atoms with Crippen molar-refractivity contribution in [3.05, 3.63) is 71.4 Å². The van der Waals surface area contributed by atoms with Crippen LogP contribution in [-0.2, 0) is 21.2 Å². The van der Waals surface area contributed by atoms with E-state index in [1.807, 2.05) is 6.92 Å². The fourth-order valence-electron chi connectivity index (χ4n) is 3.32. The number of nitrogens with zero attached hydrogens (tertiary/aromatic N) is 1. The number of rotatable bonds is 9. The van der Waals surface area contributed by atoms with Gasteiger partial charge in [-0.25, -0.2) is 12.7 Å². The van der Waals surface area contributed by atoms with Gasteiger partial charge in [0.15, 0.2) is 0 Å². The molecule has 0 saturated heterocycles. The third-order valence-corrected chi connectivity index (χ3v) is 6.72. The van der Waals surface area contributed by atoms with Gasteiger partial charge in [0.05, 0.1) is 0 Å². The molecule has 3 rings (SSSR count). The molecule has 6 nitrogen and oxygen atoms in total. The van der Waals surface area contributed by atoms with Gasteiger partial charge < -0.3 is 10.1 Å². The van der Waals surface area contributed by atoms with Gasteiger partial charge in [-0.1, -0.05) is 55.8 Å². The quantitative estimate of drug-likeness (QED) is 0.601. The average molecular weight is 468 g/mol. The SMILES string of the molecule is CCCCN1C(=O)C(NCCc2ccc(OC(F)(F)F)cc2)=C(c2ccccc2)S1(=O)=O. The van der Waals surface area contributed by atoms with Crippen LogP contribution in [0, 0.1) is 0 Å². The third-order valence-electron chi connectivity index (χ3n) is 4.84. The van der Waals surface area contributed by atoms with Crippen LogP contribution in [-0.4, -0.2) is 38.1 Å². The zero-order chi connectivity index (χ0) is 23.4. The minimum absolute atomic E-state index is 0.00401. The normalized spacial score (nSPS) is 15.9. The van der Waals surface area contributed by atoms with Crippen LogP contribution in [0.5, 0.6) is 5.75 Å². The lowest BCUT2D eigenvalue weighted by atomic mass is 10.1. The molecule has 1 aliphatic heterocycles. The first-order valence-corrected chi connectivity index (χ1v) is 11.5. The first kappa shape index (κ1) is 23.6. The summed E-state index contributed by atoms with van der Waals surface area (Å²) in [5, 5.41) is 2.94. The van der Waals surface area contributed by atoms with Crippen LogP contribution in [0.15, 0.2) is 60.3 Å². The summed E-state index contributed by atoms with van der Waals surface area (Å²) in [7, 11) is -3.99. The van der Waals surface area contributed by atoms with Crippen LogP contribution >= 0.6 is 0 Å². The molecule has 0 atom stereocenters. The topological polar surface area (TPSA) is 75.7 Å². The molecule has 2 aromatic carbocycles. The minimum atomic E-state index is -4.76. The van der Waals surface area contributed by atoms with Crippen molar-refractivity contribution in [1.29, 1.82) is 0 Å². The molecule has 0 aromatic heterocycles. The van der Waals surface area contributed by atoms with Crippen LogP contribution in [0.1, 0.15) is 30.9 Å². The Bertz CT molecular complexity index is 1080. The van der Waals surface area contributed by atoms with Crippen molar-refractivity contribution in [2.24, 2.45) is 0 Å². The fourth-order valence-corrected chi connectivity index (χ4v) is 5.07. The van der Waals surface area contributed by atoms with E-state index in [-0.39, 0.29) is 29.4 Å². The lowest BCUT2D eigenvalue weighted by Gasteiger charge is -2.16. The maximum Gasteiger partial charge on any atom is 0.573 e. The summed E-state index contributed by atoms with van der Waals surface area (Å²) in [5.74, 6) is -0.932. The molecule has 0 saturated carbocycles. The molecular weight excluding hydrogens is 445 g/mol. The molecule has 0 spiro atoms. The van der Waals surface area contributed by atoms with Gasteiger partial charge in [-0.3, -0.25) is 4.79 Å². The molecule has 0 fully saturated rings. The first-order valence-electron chi connectivity index (χ1n) is 10.1. The molecule has 2 aromatic rings. The van der Waals surface area contributed by atoms with E-state index in [0.717, 1.165) is 10.7 Å². The second-order valence-corrected chi connectivity index (χ2v) is 8.97. The number of carbonyl (C=O) groups is 1. The predicted octanol–water partition coefficient (Wildman–Crippen LogP) is 4.06. The molecule has 0 radical (unpaired) electrons. The van der Waals surface area contributed by atoms with Crippen LogP contribution in [0.25, 0.3) is 4.91 Å². The van der Waals surface area contributed by atoms with Crippen LogP contribution in [0.4, 0.5) is 13.2 Å². The van der Waals surface area contributed by atoms with Crippen LogP contribution < -0.4 is 10.1 Å². The van der Waals surface area contributed by atoms with Gasteiger partial charge in [-0.2, -0.15) is 0 Å². The molecule has 10 heteroatoms. The van der Waals surface area contributed by atoms with Crippen molar-refractivity contribution in [2.45, 2.75) is 32.5 Å². The van der Waals surface area contributed by atoms with E-state index in [0.29, 0.717) is 24.0 Å². The average Bonchev–Trinajstić information content (AvgIpc) is 2.92. The first-order chi connectivity index (χ1) is 15.1. The molecule has 0 bridgehead atoms. The van der Waals surface area contributed by atoms with E-state index in [4.69, 9.17) is 0 Å². The number of sulfonamides is 1. The Morgan fingerprint density at radius 3 is 2.28 bits per heavy atom. The Labute approximate surface area is 184 Å². The van der Waals surface area contributed by atoms with E-state index in [1.54, 1.807) is 30.3 Å². The molecule has 1 amide bonds. The van der Waals surface area contributed by atoms with Crippen molar-refractivity contribution in [3.8, 4) is 5.75 Å². The summed E-state index contributed by atoms with van der Waals surface area (Å²) in [6.45, 7) is 2.22. The van der Waals surface area contributed by atoms with Crippen molar-refractivity contribution < 1.29 is 31.1 Å². The number of amides is 1. The standard InChI is InChI=1S/C22H23F3N2O4S/c1-2-3-15-27-21(28)19(20(32(27,29)30)17-7-5-4-6-8-17)26-14-13-16-9-11-18(12-10-16)31-22(23,24)25/h4-12,26H,2-3,13-15H2,1H3. The number of alkyl halides is 3. The number of ether oxygens (including phenoxy) is 1. The van der Waals surface area contributed by atoms with E-state index in [1.165, 1.54) is 24.3 Å².